The van der Waals surface area contributed by atoms with E-state index in [4.69, 9.17) is 14.5 Å². The van der Waals surface area contributed by atoms with Crippen molar-refractivity contribution in [2.75, 3.05) is 52.5 Å². The van der Waals surface area contributed by atoms with Crippen molar-refractivity contribution >= 4 is 5.96 Å². The highest BCUT2D eigenvalue weighted by Gasteiger charge is 2.25. The molecule has 0 radical (unpaired) electrons. The van der Waals surface area contributed by atoms with Gasteiger partial charge in [0.25, 0.3) is 0 Å². The van der Waals surface area contributed by atoms with E-state index in [0.29, 0.717) is 12.1 Å². The molecule has 6 nitrogen and oxygen atoms in total. The van der Waals surface area contributed by atoms with Crippen LogP contribution in [0.2, 0.25) is 0 Å². The van der Waals surface area contributed by atoms with Gasteiger partial charge in [0.05, 0.1) is 25.9 Å². The monoisotopic (exact) mass is 368 g/mol. The average molecular weight is 369 g/mol. The van der Waals surface area contributed by atoms with Gasteiger partial charge in [-0.25, -0.2) is 0 Å². The number of aliphatic imine (C=N–C) groups is 1. The summed E-state index contributed by atoms with van der Waals surface area (Å²) in [6.07, 6.45) is 6.84. The van der Waals surface area contributed by atoms with Gasteiger partial charge in [-0.2, -0.15) is 0 Å². The fourth-order valence-electron chi connectivity index (χ4n) is 4.03. The topological polar surface area (TPSA) is 58.1 Å². The van der Waals surface area contributed by atoms with Crippen LogP contribution < -0.4 is 10.6 Å². The van der Waals surface area contributed by atoms with Gasteiger partial charge in [-0.05, 0) is 46.0 Å². The highest BCUT2D eigenvalue weighted by atomic mass is 16.5. The lowest BCUT2D eigenvalue weighted by Gasteiger charge is -2.31. The number of morpholine rings is 1. The number of guanidine groups is 1. The summed E-state index contributed by atoms with van der Waals surface area (Å²) in [6, 6.07) is 0.448. The van der Waals surface area contributed by atoms with Crippen molar-refractivity contribution in [2.45, 2.75) is 65.0 Å². The molecule has 2 fully saturated rings. The molecule has 26 heavy (non-hydrogen) atoms. The van der Waals surface area contributed by atoms with Crippen molar-refractivity contribution in [3.8, 4) is 0 Å². The lowest BCUT2D eigenvalue weighted by atomic mass is 9.98. The third kappa shape index (κ3) is 7.41. The summed E-state index contributed by atoms with van der Waals surface area (Å²) in [5, 5.41) is 6.88. The van der Waals surface area contributed by atoms with Gasteiger partial charge in [0.2, 0.25) is 0 Å². The summed E-state index contributed by atoms with van der Waals surface area (Å²) in [5.74, 6) is 1.67. The lowest BCUT2D eigenvalue weighted by Crippen LogP contribution is -2.44. The first-order chi connectivity index (χ1) is 12.7. The molecule has 1 saturated carbocycles. The number of nitrogens with one attached hydrogen (secondary N) is 2. The number of hydrogen-bond acceptors (Lipinski definition) is 4. The van der Waals surface area contributed by atoms with E-state index < -0.39 is 0 Å². The Kier molecular flexibility index (Phi) is 10.3. The molecule has 2 rings (SSSR count). The highest BCUT2D eigenvalue weighted by Crippen LogP contribution is 2.30. The molecule has 0 aromatic heterocycles. The van der Waals surface area contributed by atoms with Gasteiger partial charge < -0.3 is 20.1 Å². The first-order valence-corrected chi connectivity index (χ1v) is 10.7. The van der Waals surface area contributed by atoms with E-state index in [2.05, 4.69) is 36.3 Å². The van der Waals surface area contributed by atoms with Crippen LogP contribution in [-0.4, -0.2) is 75.5 Å². The Bertz CT molecular complexity index is 393. The Morgan fingerprint density at radius 1 is 1.19 bits per heavy atom. The second-order valence-corrected chi connectivity index (χ2v) is 7.47. The third-order valence-corrected chi connectivity index (χ3v) is 5.55. The molecular formula is C20H40N4O2. The predicted octanol–water partition coefficient (Wildman–Crippen LogP) is 2.25. The summed E-state index contributed by atoms with van der Waals surface area (Å²) in [7, 11) is 0. The van der Waals surface area contributed by atoms with E-state index >= 15 is 0 Å². The SMILES string of the molecule is CCNC(=NCC(C)N1CCOCC1)NCCC(OCC)C1CCCC1. The summed E-state index contributed by atoms with van der Waals surface area (Å²) in [4.78, 5) is 7.26. The fraction of sp³-hybridized carbons (Fsp3) is 0.950. The second kappa shape index (κ2) is 12.5. The van der Waals surface area contributed by atoms with Crippen LogP contribution in [0.25, 0.3) is 0 Å². The number of nitrogens with zero attached hydrogens (tertiary/aromatic N) is 2. The van der Waals surface area contributed by atoms with Gasteiger partial charge in [0, 0.05) is 38.8 Å². The fourth-order valence-corrected chi connectivity index (χ4v) is 4.03. The minimum Gasteiger partial charge on any atom is -0.379 e. The molecule has 2 unspecified atom stereocenters. The maximum Gasteiger partial charge on any atom is 0.191 e. The highest BCUT2D eigenvalue weighted by molar-refractivity contribution is 5.79. The van der Waals surface area contributed by atoms with Crippen molar-refractivity contribution in [3.05, 3.63) is 0 Å². The van der Waals surface area contributed by atoms with Gasteiger partial charge in [0.15, 0.2) is 5.96 Å². The standard InChI is InChI=1S/C20H40N4O2/c1-4-21-20(23-16-17(3)24-12-14-25-15-13-24)22-11-10-19(26-5-2)18-8-6-7-9-18/h17-19H,4-16H2,1-3H3,(H2,21,22,23). The minimum atomic E-state index is 0.394. The molecule has 152 valence electrons. The zero-order valence-electron chi connectivity index (χ0n) is 17.1. The molecule has 0 amide bonds. The van der Waals surface area contributed by atoms with Crippen molar-refractivity contribution in [1.29, 1.82) is 0 Å². The summed E-state index contributed by atoms with van der Waals surface area (Å²) in [6.45, 7) is 13.6. The Balaban J connectivity index is 1.76. The van der Waals surface area contributed by atoms with Crippen LogP contribution in [0.4, 0.5) is 0 Å². The van der Waals surface area contributed by atoms with Crippen molar-refractivity contribution in [2.24, 2.45) is 10.9 Å². The van der Waals surface area contributed by atoms with Gasteiger partial charge in [0.1, 0.15) is 0 Å². The van der Waals surface area contributed by atoms with Gasteiger partial charge in [-0.1, -0.05) is 12.8 Å². The maximum absolute atomic E-state index is 6.03. The van der Waals surface area contributed by atoms with E-state index in [-0.39, 0.29) is 0 Å². The Morgan fingerprint density at radius 3 is 2.58 bits per heavy atom. The second-order valence-electron chi connectivity index (χ2n) is 7.47. The Morgan fingerprint density at radius 2 is 1.92 bits per heavy atom. The zero-order chi connectivity index (χ0) is 18.6. The molecule has 0 spiro atoms. The van der Waals surface area contributed by atoms with Crippen LogP contribution in [0.1, 0.15) is 52.9 Å². The van der Waals surface area contributed by atoms with E-state index in [1.165, 1.54) is 25.7 Å². The van der Waals surface area contributed by atoms with E-state index in [1.807, 2.05) is 0 Å². The minimum absolute atomic E-state index is 0.394. The number of rotatable bonds is 10. The molecule has 0 aromatic rings. The van der Waals surface area contributed by atoms with Crippen LogP contribution in [0, 0.1) is 5.92 Å². The molecule has 1 saturated heterocycles. The third-order valence-electron chi connectivity index (χ3n) is 5.55. The molecule has 1 aliphatic heterocycles. The molecule has 2 atom stereocenters. The molecule has 1 aliphatic carbocycles. The van der Waals surface area contributed by atoms with E-state index in [9.17, 15) is 0 Å². The molecule has 6 heteroatoms. The van der Waals surface area contributed by atoms with Crippen LogP contribution in [-0.2, 0) is 9.47 Å². The molecule has 2 aliphatic rings. The van der Waals surface area contributed by atoms with Gasteiger partial charge >= 0.3 is 0 Å². The summed E-state index contributed by atoms with van der Waals surface area (Å²) in [5.41, 5.74) is 0. The van der Waals surface area contributed by atoms with Crippen molar-refractivity contribution in [1.82, 2.24) is 15.5 Å². The Labute approximate surface area is 160 Å². The molecule has 2 N–H and O–H groups in total. The Hall–Kier alpha value is -0.850. The number of ether oxygens (including phenoxy) is 2. The van der Waals surface area contributed by atoms with Crippen LogP contribution in [0.3, 0.4) is 0 Å². The summed E-state index contributed by atoms with van der Waals surface area (Å²) >= 11 is 0. The van der Waals surface area contributed by atoms with Gasteiger partial charge in [-0.3, -0.25) is 9.89 Å². The van der Waals surface area contributed by atoms with E-state index in [0.717, 1.165) is 70.8 Å². The maximum atomic E-state index is 6.03. The first-order valence-electron chi connectivity index (χ1n) is 10.7. The van der Waals surface area contributed by atoms with Crippen molar-refractivity contribution < 1.29 is 9.47 Å². The molecule has 0 aromatic carbocycles. The molecule has 1 heterocycles. The van der Waals surface area contributed by atoms with Crippen LogP contribution in [0.15, 0.2) is 4.99 Å². The quantitative estimate of drug-likeness (QED) is 0.457. The zero-order valence-corrected chi connectivity index (χ0v) is 17.1. The van der Waals surface area contributed by atoms with Crippen molar-refractivity contribution in [3.63, 3.8) is 0 Å². The summed E-state index contributed by atoms with van der Waals surface area (Å²) < 4.78 is 11.5. The smallest absolute Gasteiger partial charge is 0.191 e. The normalized spacial score (nSPS) is 22.3. The molecule has 0 bridgehead atoms. The largest absolute Gasteiger partial charge is 0.379 e. The first kappa shape index (κ1) is 21.5. The molecular weight excluding hydrogens is 328 g/mol. The number of hydrogen-bond donors (Lipinski definition) is 2. The lowest BCUT2D eigenvalue weighted by molar-refractivity contribution is 0.0169. The predicted molar refractivity (Wildman–Crippen MR) is 108 cm³/mol. The van der Waals surface area contributed by atoms with Crippen LogP contribution >= 0.6 is 0 Å². The van der Waals surface area contributed by atoms with Gasteiger partial charge in [-0.15, -0.1) is 0 Å². The average Bonchev–Trinajstić information content (AvgIpc) is 3.20. The van der Waals surface area contributed by atoms with E-state index in [1.54, 1.807) is 0 Å². The van der Waals surface area contributed by atoms with Crippen LogP contribution in [0.5, 0.6) is 0 Å².